The Morgan fingerprint density at radius 3 is 2.58 bits per heavy atom. The summed E-state index contributed by atoms with van der Waals surface area (Å²) in [7, 11) is 1.30. The molecule has 1 amide bonds. The number of methoxy groups -OCH3 is 1. The van der Waals surface area contributed by atoms with Gasteiger partial charge in [-0.05, 0) is 49.3 Å². The van der Waals surface area contributed by atoms with Gasteiger partial charge in [0.15, 0.2) is 5.17 Å². The summed E-state index contributed by atoms with van der Waals surface area (Å²) in [4.78, 5) is 57.6. The van der Waals surface area contributed by atoms with Gasteiger partial charge in [0.1, 0.15) is 0 Å². The monoisotopic (exact) mass is 542 g/mol. The average molecular weight is 543 g/mol. The van der Waals surface area contributed by atoms with Crippen LogP contribution in [0.25, 0.3) is 0 Å². The Morgan fingerprint density at radius 2 is 1.95 bits per heavy atom. The summed E-state index contributed by atoms with van der Waals surface area (Å²) in [6.07, 6.45) is 1.91. The van der Waals surface area contributed by atoms with E-state index in [1.54, 1.807) is 24.0 Å². The first-order valence-corrected chi connectivity index (χ1v) is 13.4. The van der Waals surface area contributed by atoms with E-state index < -0.39 is 16.9 Å². The van der Waals surface area contributed by atoms with Crippen LogP contribution in [-0.2, 0) is 23.9 Å². The zero-order valence-electron chi connectivity index (χ0n) is 21.5. The summed E-state index contributed by atoms with van der Waals surface area (Å²) in [5.74, 6) is -1.33. The predicted octanol–water partition coefficient (Wildman–Crippen LogP) is 3.92. The van der Waals surface area contributed by atoms with Crippen LogP contribution in [0, 0.1) is 16.0 Å². The highest BCUT2D eigenvalue weighted by Gasteiger charge is 2.42. The molecule has 1 saturated heterocycles. The molecule has 0 unspecified atom stereocenters. The highest BCUT2D eigenvalue weighted by molar-refractivity contribution is 8.16. The zero-order valence-corrected chi connectivity index (χ0v) is 22.4. The number of likely N-dealkylation sites (tertiary alicyclic amines) is 1. The second-order valence-electron chi connectivity index (χ2n) is 9.06. The number of rotatable bonds is 8. The molecule has 1 fully saturated rings. The second-order valence-corrected chi connectivity index (χ2v) is 9.89. The molecule has 0 aromatic heterocycles. The lowest BCUT2D eigenvalue weighted by molar-refractivity contribution is -0.384. The maximum absolute atomic E-state index is 13.4. The van der Waals surface area contributed by atoms with E-state index in [4.69, 9.17) is 14.5 Å². The predicted molar refractivity (Wildman–Crippen MR) is 141 cm³/mol. The van der Waals surface area contributed by atoms with Crippen LogP contribution < -0.4 is 0 Å². The number of esters is 2. The Morgan fingerprint density at radius 1 is 1.21 bits per heavy atom. The third-order valence-corrected chi connectivity index (χ3v) is 7.66. The number of benzene rings is 1. The van der Waals surface area contributed by atoms with E-state index in [1.165, 1.54) is 31.0 Å². The van der Waals surface area contributed by atoms with Crippen LogP contribution in [0.3, 0.4) is 0 Å². The first-order chi connectivity index (χ1) is 18.3. The van der Waals surface area contributed by atoms with Crippen LogP contribution in [0.2, 0.25) is 0 Å². The number of hydrogen-bond acceptors (Lipinski definition) is 10. The molecule has 38 heavy (non-hydrogen) atoms. The first kappa shape index (κ1) is 27.4. The standard InChI is InChI=1S/C26H30N4O7S/c1-4-20-22(25(33)36-3)23(16-8-10-18(11-9-16)30(34)35)29-19(15-38-26(29)27-20)13-21(31)28-12-6-7-17(14-28)24(32)37-5-2/h8-11,15,17,23H,4-7,12-14H2,1-3H3/t17-,23-/m0/s1. The van der Waals surface area contributed by atoms with Gasteiger partial charge in [0.2, 0.25) is 5.91 Å². The third-order valence-electron chi connectivity index (χ3n) is 6.78. The number of carbonyl (C=O) groups excluding carboxylic acids is 3. The number of carbonyl (C=O) groups is 3. The Kier molecular flexibility index (Phi) is 8.50. The minimum Gasteiger partial charge on any atom is -0.466 e. The molecule has 3 heterocycles. The number of nitro benzene ring substituents is 1. The van der Waals surface area contributed by atoms with Crippen molar-refractivity contribution in [2.75, 3.05) is 26.8 Å². The van der Waals surface area contributed by atoms with Gasteiger partial charge in [0, 0.05) is 30.9 Å². The summed E-state index contributed by atoms with van der Waals surface area (Å²) in [6, 6.07) is 5.33. The summed E-state index contributed by atoms with van der Waals surface area (Å²) < 4.78 is 10.3. The second kappa shape index (κ2) is 11.8. The summed E-state index contributed by atoms with van der Waals surface area (Å²) in [5, 5.41) is 13.7. The number of nitrogens with zero attached hydrogens (tertiary/aromatic N) is 4. The highest BCUT2D eigenvalue weighted by atomic mass is 32.2. The van der Waals surface area contributed by atoms with Crippen molar-refractivity contribution in [3.05, 3.63) is 62.3 Å². The van der Waals surface area contributed by atoms with Crippen molar-refractivity contribution in [3.8, 4) is 0 Å². The summed E-state index contributed by atoms with van der Waals surface area (Å²) in [5.41, 5.74) is 2.11. The number of thioether (sulfide) groups is 1. The van der Waals surface area contributed by atoms with Crippen LogP contribution in [0.5, 0.6) is 0 Å². The van der Waals surface area contributed by atoms with Crippen molar-refractivity contribution in [1.29, 1.82) is 0 Å². The SMILES string of the molecule is CCOC(=O)[C@H]1CCCN(C(=O)CC2=CSC3=NC(CC)=C(C(=O)OC)[C@H](c4ccc([N+](=O)[O-])cc4)N23)C1. The van der Waals surface area contributed by atoms with E-state index in [2.05, 4.69) is 0 Å². The lowest BCUT2D eigenvalue weighted by Crippen LogP contribution is -2.44. The maximum atomic E-state index is 13.4. The molecule has 11 nitrogen and oxygen atoms in total. The van der Waals surface area contributed by atoms with Crippen LogP contribution in [-0.4, -0.2) is 64.5 Å². The Balaban J connectivity index is 1.64. The Labute approximate surface area is 224 Å². The number of non-ortho nitro benzene ring substituents is 1. The number of piperidine rings is 1. The number of aliphatic imine (C=N–C) groups is 1. The van der Waals surface area contributed by atoms with Gasteiger partial charge in [0.05, 0.1) is 48.3 Å². The van der Waals surface area contributed by atoms with Crippen molar-refractivity contribution >= 4 is 40.5 Å². The van der Waals surface area contributed by atoms with Crippen LogP contribution >= 0.6 is 11.8 Å². The number of hydrogen-bond donors (Lipinski definition) is 0. The van der Waals surface area contributed by atoms with Crippen molar-refractivity contribution in [2.45, 2.75) is 45.6 Å². The van der Waals surface area contributed by atoms with E-state index in [1.807, 2.05) is 17.2 Å². The van der Waals surface area contributed by atoms with Gasteiger partial charge in [-0.15, -0.1) is 0 Å². The lowest BCUT2D eigenvalue weighted by atomic mass is 9.92. The van der Waals surface area contributed by atoms with Gasteiger partial charge in [-0.3, -0.25) is 19.7 Å². The highest BCUT2D eigenvalue weighted by Crippen LogP contribution is 2.45. The van der Waals surface area contributed by atoms with Gasteiger partial charge < -0.3 is 19.3 Å². The molecule has 1 aromatic carbocycles. The average Bonchev–Trinajstić information content (AvgIpc) is 3.33. The molecule has 0 aliphatic carbocycles. The van der Waals surface area contributed by atoms with Crippen molar-refractivity contribution in [1.82, 2.24) is 9.80 Å². The van der Waals surface area contributed by atoms with Crippen LogP contribution in [0.1, 0.15) is 51.1 Å². The normalized spacial score (nSPS) is 20.9. The molecule has 3 aliphatic heterocycles. The number of ether oxygens (including phenoxy) is 2. The largest absolute Gasteiger partial charge is 0.466 e. The minimum absolute atomic E-state index is 0.0426. The molecule has 202 valence electrons. The molecule has 0 saturated carbocycles. The summed E-state index contributed by atoms with van der Waals surface area (Å²) >= 11 is 1.36. The number of allylic oxidation sites excluding steroid dienone is 1. The molecule has 0 spiro atoms. The summed E-state index contributed by atoms with van der Waals surface area (Å²) in [6.45, 7) is 4.80. The van der Waals surface area contributed by atoms with E-state index >= 15 is 0 Å². The topological polar surface area (TPSA) is 132 Å². The number of fused-ring (bicyclic) bond motifs is 1. The fourth-order valence-corrected chi connectivity index (χ4v) is 5.87. The molecule has 1 aromatic rings. The van der Waals surface area contributed by atoms with E-state index in [0.29, 0.717) is 66.7 Å². The minimum atomic E-state index is -0.673. The maximum Gasteiger partial charge on any atom is 0.338 e. The van der Waals surface area contributed by atoms with Gasteiger partial charge in [-0.1, -0.05) is 18.7 Å². The number of amidine groups is 1. The van der Waals surface area contributed by atoms with Crippen molar-refractivity contribution in [3.63, 3.8) is 0 Å². The van der Waals surface area contributed by atoms with Gasteiger partial charge >= 0.3 is 11.9 Å². The van der Waals surface area contributed by atoms with Gasteiger partial charge in [-0.2, -0.15) is 0 Å². The molecule has 0 bridgehead atoms. The smallest absolute Gasteiger partial charge is 0.338 e. The van der Waals surface area contributed by atoms with Crippen molar-refractivity contribution in [2.24, 2.45) is 10.9 Å². The molecular weight excluding hydrogens is 512 g/mol. The van der Waals surface area contributed by atoms with Gasteiger partial charge in [-0.25, -0.2) is 9.79 Å². The molecule has 3 aliphatic rings. The zero-order chi connectivity index (χ0) is 27.4. The molecule has 0 radical (unpaired) electrons. The van der Waals surface area contributed by atoms with Crippen LogP contribution in [0.4, 0.5) is 5.69 Å². The van der Waals surface area contributed by atoms with Gasteiger partial charge in [0.25, 0.3) is 5.69 Å². The molecule has 0 N–H and O–H groups in total. The first-order valence-electron chi connectivity index (χ1n) is 12.5. The molecule has 4 rings (SSSR count). The number of nitro groups is 1. The lowest BCUT2D eigenvalue weighted by Gasteiger charge is -2.37. The molecule has 2 atom stereocenters. The number of amides is 1. The van der Waals surface area contributed by atoms with Crippen molar-refractivity contribution < 1.29 is 28.8 Å². The fraction of sp³-hybridized carbons (Fsp3) is 0.462. The molecular formula is C26H30N4O7S. The van der Waals surface area contributed by atoms with E-state index in [9.17, 15) is 24.5 Å². The fourth-order valence-electron chi connectivity index (χ4n) is 4.93. The third kappa shape index (κ3) is 5.45. The Bertz CT molecular complexity index is 1220. The van der Waals surface area contributed by atoms with E-state index in [-0.39, 0.29) is 29.9 Å². The molecule has 12 heteroatoms. The quantitative estimate of drug-likeness (QED) is 0.272. The van der Waals surface area contributed by atoms with E-state index in [0.717, 1.165) is 0 Å². The Hall–Kier alpha value is -3.67. The van der Waals surface area contributed by atoms with Crippen LogP contribution in [0.15, 0.2) is 51.6 Å².